The molecule has 2 aromatic rings. The molecule has 0 aromatic heterocycles. The maximum absolute atomic E-state index is 7.74. The molecule has 0 aliphatic heterocycles. The first kappa shape index (κ1) is 32.9. The summed E-state index contributed by atoms with van der Waals surface area (Å²) in [5.74, 6) is 2.69. The van der Waals surface area contributed by atoms with E-state index in [1.807, 2.05) is 12.2 Å². The minimum Gasteiger partial charge on any atom is -0.496 e. The van der Waals surface area contributed by atoms with Crippen LogP contribution in [0.2, 0.25) is 0 Å². The Balaban J connectivity index is 1.77. The molecule has 4 rings (SSSR count). The van der Waals surface area contributed by atoms with Crippen LogP contribution in [-0.2, 0) is 30.4 Å². The molecule has 0 radical (unpaired) electrons. The van der Waals surface area contributed by atoms with Crippen LogP contribution < -0.4 is 9.47 Å². The van der Waals surface area contributed by atoms with Gasteiger partial charge in [0, 0.05) is 12.8 Å². The smallest absolute Gasteiger partial charge is 0.122 e. The zero-order chi connectivity index (χ0) is 31.0. The predicted octanol–water partition coefficient (Wildman–Crippen LogP) is 9.97. The highest BCUT2D eigenvalue weighted by Crippen LogP contribution is 2.46. The molecule has 0 saturated carbocycles. The van der Waals surface area contributed by atoms with Gasteiger partial charge in [-0.05, 0) is 125 Å². The van der Waals surface area contributed by atoms with Crippen molar-refractivity contribution in [3.8, 4) is 11.5 Å². The van der Waals surface area contributed by atoms with Gasteiger partial charge in [-0.1, -0.05) is 59.7 Å². The molecule has 4 atom stereocenters. The molecule has 2 aromatic carbocycles. The summed E-state index contributed by atoms with van der Waals surface area (Å²) in [5.41, 5.74) is 7.06. The molecular formula is C40H54O3. The summed E-state index contributed by atoms with van der Waals surface area (Å²) in [6.07, 6.45) is 18.6. The Morgan fingerprint density at radius 3 is 1.47 bits per heavy atom. The van der Waals surface area contributed by atoms with Crippen LogP contribution in [0.1, 0.15) is 88.5 Å². The Morgan fingerprint density at radius 1 is 0.721 bits per heavy atom. The van der Waals surface area contributed by atoms with Crippen LogP contribution in [0, 0.1) is 11.8 Å². The average molecular weight is 583 g/mol. The van der Waals surface area contributed by atoms with Gasteiger partial charge >= 0.3 is 0 Å². The molecule has 0 N–H and O–H groups in total. The summed E-state index contributed by atoms with van der Waals surface area (Å²) in [4.78, 5) is 0. The van der Waals surface area contributed by atoms with E-state index in [0.29, 0.717) is 11.8 Å². The van der Waals surface area contributed by atoms with Crippen molar-refractivity contribution in [1.82, 2.24) is 0 Å². The third kappa shape index (κ3) is 8.12. The summed E-state index contributed by atoms with van der Waals surface area (Å²) in [6.45, 7) is 17.1. The van der Waals surface area contributed by atoms with Crippen molar-refractivity contribution in [3.63, 3.8) is 0 Å². The van der Waals surface area contributed by atoms with Gasteiger partial charge in [0.1, 0.15) is 11.5 Å². The van der Waals surface area contributed by atoms with Gasteiger partial charge in [-0.15, -0.1) is 13.2 Å². The molecule has 0 bridgehead atoms. The van der Waals surface area contributed by atoms with Crippen molar-refractivity contribution < 1.29 is 14.2 Å². The monoisotopic (exact) mass is 582 g/mol. The van der Waals surface area contributed by atoms with E-state index in [1.54, 1.807) is 14.2 Å². The first-order valence-electron chi connectivity index (χ1n) is 16.2. The van der Waals surface area contributed by atoms with E-state index in [1.165, 1.54) is 33.4 Å². The maximum Gasteiger partial charge on any atom is 0.122 e. The molecule has 0 heterocycles. The minimum absolute atomic E-state index is 0.384. The zero-order valence-corrected chi connectivity index (χ0v) is 27.6. The van der Waals surface area contributed by atoms with Crippen LogP contribution in [0.25, 0.3) is 0 Å². The Morgan fingerprint density at radius 2 is 1.14 bits per heavy atom. The Labute approximate surface area is 261 Å². The standard InChI is InChI=1S/C40H54O3/c1-9-11-31-17-19-33(37(25-31)41-7)27-39(5,35-21-13-29(3)14-22-35)43-40(6,36-23-15-30(4)16-24-36)28-34-20-18-32(12-10-2)26-38(34)42-8/h9-10,13,15,17-20,25-26,35-36H,1-2,11-12,14,16,21-24,27-28H2,3-8H3. The van der Waals surface area contributed by atoms with Crippen molar-refractivity contribution in [2.45, 2.75) is 103 Å². The number of hydrogen-bond acceptors (Lipinski definition) is 3. The Hall–Kier alpha value is -3.04. The fraction of sp³-hybridized carbons (Fsp3) is 0.500. The topological polar surface area (TPSA) is 27.7 Å². The second kappa shape index (κ2) is 14.6. The fourth-order valence-electron chi connectivity index (χ4n) is 7.31. The fourth-order valence-corrected chi connectivity index (χ4v) is 7.31. The van der Waals surface area contributed by atoms with Gasteiger partial charge in [-0.3, -0.25) is 0 Å². The van der Waals surface area contributed by atoms with Gasteiger partial charge < -0.3 is 14.2 Å². The molecule has 3 nitrogen and oxygen atoms in total. The first-order chi connectivity index (χ1) is 20.6. The van der Waals surface area contributed by atoms with E-state index >= 15 is 0 Å². The van der Waals surface area contributed by atoms with Crippen molar-refractivity contribution in [3.05, 3.63) is 107 Å². The maximum atomic E-state index is 7.74. The second-order valence-electron chi connectivity index (χ2n) is 13.4. The van der Waals surface area contributed by atoms with Crippen LogP contribution in [0.4, 0.5) is 0 Å². The molecule has 2 aliphatic carbocycles. The first-order valence-corrected chi connectivity index (χ1v) is 16.2. The van der Waals surface area contributed by atoms with Crippen LogP contribution >= 0.6 is 0 Å². The molecule has 3 heteroatoms. The largest absolute Gasteiger partial charge is 0.496 e. The number of ether oxygens (including phenoxy) is 3. The predicted molar refractivity (Wildman–Crippen MR) is 181 cm³/mol. The number of allylic oxidation sites excluding steroid dienone is 6. The lowest BCUT2D eigenvalue weighted by molar-refractivity contribution is -0.191. The van der Waals surface area contributed by atoms with Crippen molar-refractivity contribution in [1.29, 1.82) is 0 Å². The van der Waals surface area contributed by atoms with Crippen molar-refractivity contribution >= 4 is 0 Å². The van der Waals surface area contributed by atoms with Crippen LogP contribution in [0.15, 0.2) is 85.0 Å². The minimum atomic E-state index is -0.384. The third-order valence-corrected chi connectivity index (χ3v) is 10.0. The van der Waals surface area contributed by atoms with E-state index in [9.17, 15) is 0 Å². The van der Waals surface area contributed by atoms with E-state index in [0.717, 1.165) is 75.7 Å². The summed E-state index contributed by atoms with van der Waals surface area (Å²) < 4.78 is 19.7. The average Bonchev–Trinajstić information content (AvgIpc) is 2.99. The van der Waals surface area contributed by atoms with Crippen LogP contribution in [0.3, 0.4) is 0 Å². The quantitative estimate of drug-likeness (QED) is 0.207. The van der Waals surface area contributed by atoms with E-state index in [4.69, 9.17) is 14.2 Å². The molecule has 2 aliphatic rings. The number of rotatable bonds is 14. The van der Waals surface area contributed by atoms with Crippen LogP contribution in [-0.4, -0.2) is 25.4 Å². The van der Waals surface area contributed by atoms with Gasteiger partial charge in [-0.2, -0.15) is 0 Å². The lowest BCUT2D eigenvalue weighted by Gasteiger charge is -2.49. The van der Waals surface area contributed by atoms with Crippen LogP contribution in [0.5, 0.6) is 11.5 Å². The van der Waals surface area contributed by atoms with Gasteiger partial charge in [0.2, 0.25) is 0 Å². The van der Waals surface area contributed by atoms with E-state index < -0.39 is 0 Å². The number of methoxy groups -OCH3 is 2. The summed E-state index contributed by atoms with van der Waals surface area (Å²) >= 11 is 0. The van der Waals surface area contributed by atoms with Crippen molar-refractivity contribution in [2.75, 3.05) is 14.2 Å². The summed E-state index contributed by atoms with van der Waals surface area (Å²) in [6, 6.07) is 13.3. The highest BCUT2D eigenvalue weighted by Gasteiger charge is 2.46. The second-order valence-corrected chi connectivity index (χ2v) is 13.4. The van der Waals surface area contributed by atoms with Gasteiger partial charge in [-0.25, -0.2) is 0 Å². The molecule has 0 fully saturated rings. The Kier molecular flexibility index (Phi) is 11.2. The molecular weight excluding hydrogens is 528 g/mol. The lowest BCUT2D eigenvalue weighted by atomic mass is 9.72. The molecule has 4 unspecified atom stereocenters. The lowest BCUT2D eigenvalue weighted by Crippen LogP contribution is -2.52. The SMILES string of the molecule is C=CCc1ccc(CC(C)(OC(C)(Cc2ccc(CC=C)cc2OC)C2CC=C(C)CC2)C2CC=C(C)CC2)c(OC)c1. The number of hydrogen-bond donors (Lipinski definition) is 0. The van der Waals surface area contributed by atoms with E-state index in [2.05, 4.69) is 89.4 Å². The molecule has 0 spiro atoms. The van der Waals surface area contributed by atoms with Crippen molar-refractivity contribution in [2.24, 2.45) is 11.8 Å². The van der Waals surface area contributed by atoms with Gasteiger partial charge in [0.05, 0.1) is 25.4 Å². The highest BCUT2D eigenvalue weighted by molar-refractivity contribution is 5.41. The molecule has 0 saturated heterocycles. The van der Waals surface area contributed by atoms with Gasteiger partial charge in [0.15, 0.2) is 0 Å². The summed E-state index contributed by atoms with van der Waals surface area (Å²) in [5, 5.41) is 0. The normalized spacial score (nSPS) is 21.5. The molecule has 232 valence electrons. The highest BCUT2D eigenvalue weighted by atomic mass is 16.5. The Bertz CT molecular complexity index is 1230. The summed E-state index contributed by atoms with van der Waals surface area (Å²) in [7, 11) is 3.56. The molecule has 0 amide bonds. The zero-order valence-electron chi connectivity index (χ0n) is 27.6. The third-order valence-electron chi connectivity index (χ3n) is 10.0. The van der Waals surface area contributed by atoms with E-state index in [-0.39, 0.29) is 11.2 Å². The number of benzene rings is 2. The molecule has 43 heavy (non-hydrogen) atoms. The van der Waals surface area contributed by atoms with Gasteiger partial charge in [0.25, 0.3) is 0 Å².